The summed E-state index contributed by atoms with van der Waals surface area (Å²) in [5.41, 5.74) is 6.01. The normalized spacial score (nSPS) is 9.33. The highest BCUT2D eigenvalue weighted by molar-refractivity contribution is 7.80. The number of hydrogen-bond donors (Lipinski definition) is 1. The molecule has 0 fully saturated rings. The van der Waals surface area contributed by atoms with Gasteiger partial charge in [0.25, 0.3) is 0 Å². The first-order valence-electron chi connectivity index (χ1n) is 2.46. The number of hydrogen-bond acceptors (Lipinski definition) is 3. The smallest absolute Gasteiger partial charge is 0.124 e. The third-order valence-corrected chi connectivity index (χ3v) is 0.991. The second-order valence-electron chi connectivity index (χ2n) is 1.63. The third-order valence-electron chi connectivity index (χ3n) is 0.847. The fourth-order valence-corrected chi connectivity index (χ4v) is 0.655. The lowest BCUT2D eigenvalue weighted by Gasteiger charge is -1.87. The molecule has 2 N–H and O–H groups in total. The average Bonchev–Trinajstić information content (AvgIpc) is 2.15. The minimum Gasteiger partial charge on any atom is -0.393 e. The minimum absolute atomic E-state index is 0.434. The summed E-state index contributed by atoms with van der Waals surface area (Å²) in [5.74, 6) is 0. The molecule has 0 saturated heterocycles. The Morgan fingerprint density at radius 1 is 1.89 bits per heavy atom. The Morgan fingerprint density at radius 3 is 3.11 bits per heavy atom. The van der Waals surface area contributed by atoms with Crippen molar-refractivity contribution in [3.63, 3.8) is 0 Å². The van der Waals surface area contributed by atoms with Gasteiger partial charge in [0.15, 0.2) is 0 Å². The zero-order valence-electron chi connectivity index (χ0n) is 4.70. The van der Waals surface area contributed by atoms with Crippen molar-refractivity contribution < 1.29 is 4.52 Å². The van der Waals surface area contributed by atoms with Crippen molar-refractivity contribution in [2.45, 2.75) is 6.42 Å². The van der Waals surface area contributed by atoms with Crippen LogP contribution in [0.3, 0.4) is 0 Å². The first-order valence-corrected chi connectivity index (χ1v) is 2.87. The highest BCUT2D eigenvalue weighted by Crippen LogP contribution is 1.94. The topological polar surface area (TPSA) is 52.0 Å². The molecule has 1 aromatic heterocycles. The van der Waals surface area contributed by atoms with Crippen LogP contribution >= 0.6 is 12.2 Å². The SMILES string of the molecule is NC(=S)Cc1ccon1. The van der Waals surface area contributed by atoms with E-state index in [0.717, 1.165) is 5.69 Å². The van der Waals surface area contributed by atoms with Gasteiger partial charge in [-0.25, -0.2) is 0 Å². The molecule has 0 aliphatic heterocycles. The molecule has 3 nitrogen and oxygen atoms in total. The van der Waals surface area contributed by atoms with E-state index >= 15 is 0 Å². The van der Waals surface area contributed by atoms with Crippen molar-refractivity contribution in [1.29, 1.82) is 0 Å². The number of rotatable bonds is 2. The Kier molecular flexibility index (Phi) is 1.79. The van der Waals surface area contributed by atoms with Gasteiger partial charge >= 0.3 is 0 Å². The summed E-state index contributed by atoms with van der Waals surface area (Å²) in [5, 5.41) is 3.61. The molecular formula is C5H6N2OS. The van der Waals surface area contributed by atoms with Gasteiger partial charge in [-0.3, -0.25) is 0 Å². The number of nitrogens with two attached hydrogens (primary N) is 1. The Hall–Kier alpha value is -0.900. The van der Waals surface area contributed by atoms with Crippen LogP contribution in [0, 0.1) is 0 Å². The van der Waals surface area contributed by atoms with Crippen LogP contribution in [0.2, 0.25) is 0 Å². The van der Waals surface area contributed by atoms with E-state index < -0.39 is 0 Å². The van der Waals surface area contributed by atoms with Gasteiger partial charge in [-0.05, 0) is 0 Å². The molecule has 0 aliphatic rings. The maximum absolute atomic E-state index is 5.23. The van der Waals surface area contributed by atoms with Crippen LogP contribution in [0.25, 0.3) is 0 Å². The fraction of sp³-hybridized carbons (Fsp3) is 0.200. The lowest BCUT2D eigenvalue weighted by atomic mass is 10.3. The summed E-state index contributed by atoms with van der Waals surface area (Å²) in [4.78, 5) is 0.434. The highest BCUT2D eigenvalue weighted by Gasteiger charge is 1.95. The molecule has 0 bridgehead atoms. The first kappa shape index (κ1) is 6.22. The van der Waals surface area contributed by atoms with E-state index in [0.29, 0.717) is 11.4 Å². The summed E-state index contributed by atoms with van der Waals surface area (Å²) in [6.07, 6.45) is 2.01. The van der Waals surface area contributed by atoms with Gasteiger partial charge in [0.2, 0.25) is 0 Å². The van der Waals surface area contributed by atoms with Crippen LogP contribution in [-0.2, 0) is 6.42 Å². The van der Waals surface area contributed by atoms with Crippen molar-refractivity contribution in [1.82, 2.24) is 5.16 Å². The van der Waals surface area contributed by atoms with Crippen LogP contribution in [0.5, 0.6) is 0 Å². The Morgan fingerprint density at radius 2 is 2.67 bits per heavy atom. The van der Waals surface area contributed by atoms with E-state index in [-0.39, 0.29) is 0 Å². The molecule has 0 atom stereocenters. The average molecular weight is 142 g/mol. The van der Waals surface area contributed by atoms with E-state index in [1.165, 1.54) is 6.26 Å². The number of nitrogens with zero attached hydrogens (tertiary/aromatic N) is 1. The van der Waals surface area contributed by atoms with Gasteiger partial charge in [-0.2, -0.15) is 0 Å². The molecule has 9 heavy (non-hydrogen) atoms. The monoisotopic (exact) mass is 142 g/mol. The second-order valence-corrected chi connectivity index (χ2v) is 2.16. The van der Waals surface area contributed by atoms with E-state index in [1.54, 1.807) is 6.07 Å². The lowest BCUT2D eigenvalue weighted by Crippen LogP contribution is -2.10. The summed E-state index contributed by atoms with van der Waals surface area (Å²) in [6, 6.07) is 1.74. The molecule has 4 heteroatoms. The Balaban J connectivity index is 2.58. The van der Waals surface area contributed by atoms with Gasteiger partial charge in [0.1, 0.15) is 6.26 Å². The quantitative estimate of drug-likeness (QED) is 0.611. The van der Waals surface area contributed by atoms with E-state index in [2.05, 4.69) is 21.9 Å². The largest absolute Gasteiger partial charge is 0.393 e. The zero-order valence-corrected chi connectivity index (χ0v) is 5.52. The standard InChI is InChI=1S/C5H6N2OS/c6-5(9)3-4-1-2-8-7-4/h1-2H,3H2,(H2,6,9). The van der Waals surface area contributed by atoms with Gasteiger partial charge in [-0.15, -0.1) is 0 Å². The van der Waals surface area contributed by atoms with Crippen molar-refractivity contribution in [3.8, 4) is 0 Å². The van der Waals surface area contributed by atoms with E-state index in [4.69, 9.17) is 5.73 Å². The minimum atomic E-state index is 0.434. The maximum atomic E-state index is 5.23. The van der Waals surface area contributed by atoms with Crippen LogP contribution in [0.4, 0.5) is 0 Å². The Bertz CT molecular complexity index is 195. The predicted octanol–water partition coefficient (Wildman–Crippen LogP) is 0.503. The molecule has 1 aromatic rings. The molecule has 0 amide bonds. The van der Waals surface area contributed by atoms with Crippen molar-refractivity contribution in [2.75, 3.05) is 0 Å². The molecule has 48 valence electrons. The predicted molar refractivity (Wildman–Crippen MR) is 37.0 cm³/mol. The van der Waals surface area contributed by atoms with Gasteiger partial charge < -0.3 is 10.3 Å². The van der Waals surface area contributed by atoms with Crippen LogP contribution in [0.1, 0.15) is 5.69 Å². The molecule has 0 radical (unpaired) electrons. The Labute approximate surface area is 57.8 Å². The first-order chi connectivity index (χ1) is 4.29. The molecule has 0 spiro atoms. The van der Waals surface area contributed by atoms with Gasteiger partial charge in [-0.1, -0.05) is 17.4 Å². The summed E-state index contributed by atoms with van der Waals surface area (Å²) < 4.78 is 4.55. The van der Waals surface area contributed by atoms with Crippen LogP contribution in [0.15, 0.2) is 16.9 Å². The molecule has 1 heterocycles. The van der Waals surface area contributed by atoms with Crippen LogP contribution < -0.4 is 5.73 Å². The zero-order chi connectivity index (χ0) is 6.69. The fourth-order valence-electron chi connectivity index (χ4n) is 0.507. The summed E-state index contributed by atoms with van der Waals surface area (Å²) in [7, 11) is 0. The van der Waals surface area contributed by atoms with Crippen molar-refractivity contribution in [2.24, 2.45) is 5.73 Å². The van der Waals surface area contributed by atoms with Gasteiger partial charge in [0, 0.05) is 12.5 Å². The number of thiocarbonyl (C=S) groups is 1. The van der Waals surface area contributed by atoms with E-state index in [9.17, 15) is 0 Å². The summed E-state index contributed by atoms with van der Waals surface area (Å²) >= 11 is 4.64. The van der Waals surface area contributed by atoms with E-state index in [1.807, 2.05) is 0 Å². The summed E-state index contributed by atoms with van der Waals surface area (Å²) in [6.45, 7) is 0. The maximum Gasteiger partial charge on any atom is 0.124 e. The third kappa shape index (κ3) is 1.81. The number of aromatic nitrogens is 1. The molecule has 0 saturated carbocycles. The molecule has 0 aliphatic carbocycles. The highest BCUT2D eigenvalue weighted by atomic mass is 32.1. The van der Waals surface area contributed by atoms with Crippen molar-refractivity contribution >= 4 is 17.2 Å². The molecule has 0 aromatic carbocycles. The molecular weight excluding hydrogens is 136 g/mol. The van der Waals surface area contributed by atoms with Crippen molar-refractivity contribution in [3.05, 3.63) is 18.0 Å². The van der Waals surface area contributed by atoms with Gasteiger partial charge in [0.05, 0.1) is 10.7 Å². The lowest BCUT2D eigenvalue weighted by molar-refractivity contribution is 0.414. The molecule has 0 unspecified atom stereocenters. The molecule has 1 rings (SSSR count). The second kappa shape index (κ2) is 2.59. The van der Waals surface area contributed by atoms with Crippen LogP contribution in [-0.4, -0.2) is 10.1 Å².